The third-order valence-electron chi connectivity index (χ3n) is 4.87. The molecule has 122 valence electrons. The first kappa shape index (κ1) is 18.1. The fraction of sp³-hybridized carbons (Fsp3) is 0.867. The molecule has 1 saturated carbocycles. The van der Waals surface area contributed by atoms with Crippen molar-refractivity contribution in [3.05, 3.63) is 0 Å². The highest BCUT2D eigenvalue weighted by molar-refractivity contribution is 7.98. The van der Waals surface area contributed by atoms with Crippen molar-refractivity contribution >= 4 is 23.8 Å². The van der Waals surface area contributed by atoms with Gasteiger partial charge < -0.3 is 15.7 Å². The van der Waals surface area contributed by atoms with Gasteiger partial charge >= 0.3 is 12.0 Å². The molecule has 2 amide bonds. The monoisotopic (exact) mass is 316 g/mol. The van der Waals surface area contributed by atoms with Crippen LogP contribution >= 0.6 is 11.8 Å². The Bertz CT molecular complexity index is 374. The number of rotatable bonds is 6. The van der Waals surface area contributed by atoms with Crippen LogP contribution in [0.15, 0.2) is 0 Å². The summed E-state index contributed by atoms with van der Waals surface area (Å²) in [4.78, 5) is 23.2. The lowest BCUT2D eigenvalue weighted by Crippen LogP contribution is -2.54. The van der Waals surface area contributed by atoms with Gasteiger partial charge in [-0.15, -0.1) is 0 Å². The molecule has 3 atom stereocenters. The summed E-state index contributed by atoms with van der Waals surface area (Å²) >= 11 is 1.76. The van der Waals surface area contributed by atoms with Crippen molar-refractivity contribution in [3.8, 4) is 0 Å². The van der Waals surface area contributed by atoms with E-state index in [1.54, 1.807) is 11.8 Å². The molecule has 5 nitrogen and oxygen atoms in total. The first-order chi connectivity index (χ1) is 9.80. The van der Waals surface area contributed by atoms with Gasteiger partial charge in [-0.2, -0.15) is 11.8 Å². The molecule has 0 aromatic rings. The van der Waals surface area contributed by atoms with Gasteiger partial charge in [-0.25, -0.2) is 4.79 Å². The van der Waals surface area contributed by atoms with Crippen molar-refractivity contribution in [2.24, 2.45) is 17.3 Å². The van der Waals surface area contributed by atoms with Gasteiger partial charge in [-0.05, 0) is 42.6 Å². The van der Waals surface area contributed by atoms with Crippen molar-refractivity contribution < 1.29 is 14.7 Å². The largest absolute Gasteiger partial charge is 0.481 e. The van der Waals surface area contributed by atoms with Crippen molar-refractivity contribution in [1.29, 1.82) is 0 Å². The van der Waals surface area contributed by atoms with E-state index >= 15 is 0 Å². The summed E-state index contributed by atoms with van der Waals surface area (Å²) in [6.07, 6.45) is 4.34. The minimum Gasteiger partial charge on any atom is -0.481 e. The van der Waals surface area contributed by atoms with E-state index in [2.05, 4.69) is 10.6 Å². The maximum atomic E-state index is 11.9. The van der Waals surface area contributed by atoms with Crippen LogP contribution in [0.2, 0.25) is 0 Å². The Morgan fingerprint density at radius 2 is 2.00 bits per heavy atom. The molecule has 0 spiro atoms. The van der Waals surface area contributed by atoms with E-state index in [4.69, 9.17) is 0 Å². The molecule has 1 fully saturated rings. The highest BCUT2D eigenvalue weighted by Crippen LogP contribution is 2.45. The van der Waals surface area contributed by atoms with Crippen molar-refractivity contribution in [2.75, 3.05) is 18.6 Å². The van der Waals surface area contributed by atoms with Gasteiger partial charge in [0, 0.05) is 12.6 Å². The summed E-state index contributed by atoms with van der Waals surface area (Å²) in [6.45, 7) is 6.68. The lowest BCUT2D eigenvalue weighted by Gasteiger charge is -2.46. The van der Waals surface area contributed by atoms with Crippen molar-refractivity contribution in [3.63, 3.8) is 0 Å². The predicted octanol–water partition coefficient (Wildman–Crippen LogP) is 2.56. The molecule has 0 aromatic carbocycles. The van der Waals surface area contributed by atoms with E-state index in [-0.39, 0.29) is 29.3 Å². The first-order valence-electron chi connectivity index (χ1n) is 7.56. The zero-order chi connectivity index (χ0) is 16.0. The van der Waals surface area contributed by atoms with E-state index in [1.807, 2.05) is 27.0 Å². The average molecular weight is 316 g/mol. The van der Waals surface area contributed by atoms with Crippen LogP contribution in [-0.2, 0) is 4.79 Å². The average Bonchev–Trinajstić information content (AvgIpc) is 2.40. The van der Waals surface area contributed by atoms with Crippen molar-refractivity contribution in [2.45, 2.75) is 46.1 Å². The second-order valence-electron chi connectivity index (χ2n) is 6.43. The smallest absolute Gasteiger partial charge is 0.315 e. The molecular formula is C15H28N2O3S. The number of hydrogen-bond acceptors (Lipinski definition) is 3. The number of carbonyl (C=O) groups is 2. The number of nitrogens with one attached hydrogen (secondary N) is 2. The molecule has 0 aromatic heterocycles. The molecule has 3 unspecified atom stereocenters. The summed E-state index contributed by atoms with van der Waals surface area (Å²) in [7, 11) is 0. The molecule has 0 saturated heterocycles. The molecular weight excluding hydrogens is 288 g/mol. The van der Waals surface area contributed by atoms with Gasteiger partial charge in [-0.3, -0.25) is 4.79 Å². The molecule has 3 N–H and O–H groups in total. The predicted molar refractivity (Wildman–Crippen MR) is 86.6 cm³/mol. The Morgan fingerprint density at radius 3 is 2.57 bits per heavy atom. The maximum Gasteiger partial charge on any atom is 0.315 e. The van der Waals surface area contributed by atoms with Crippen LogP contribution in [0.4, 0.5) is 4.79 Å². The van der Waals surface area contributed by atoms with E-state index in [9.17, 15) is 14.7 Å². The number of aliphatic carboxylic acids is 1. The fourth-order valence-corrected chi connectivity index (χ4v) is 3.51. The number of hydrogen-bond donors (Lipinski definition) is 3. The number of carboxylic acids is 1. The van der Waals surface area contributed by atoms with Crippen LogP contribution in [0.3, 0.4) is 0 Å². The molecule has 1 rings (SSSR count). The van der Waals surface area contributed by atoms with E-state index < -0.39 is 5.97 Å². The summed E-state index contributed by atoms with van der Waals surface area (Å²) in [5.74, 6) is 0.0965. The van der Waals surface area contributed by atoms with Crippen LogP contribution in [0.1, 0.15) is 40.0 Å². The molecule has 1 aliphatic carbocycles. The lowest BCUT2D eigenvalue weighted by molar-refractivity contribution is -0.150. The first-order valence-corrected chi connectivity index (χ1v) is 8.96. The highest BCUT2D eigenvalue weighted by Gasteiger charge is 2.46. The number of amides is 2. The number of thioether (sulfide) groups is 1. The second kappa shape index (κ2) is 7.92. The van der Waals surface area contributed by atoms with Gasteiger partial charge in [0.1, 0.15) is 0 Å². The van der Waals surface area contributed by atoms with Gasteiger partial charge in [-0.1, -0.05) is 20.8 Å². The Morgan fingerprint density at radius 1 is 1.33 bits per heavy atom. The van der Waals surface area contributed by atoms with Gasteiger partial charge in [0.05, 0.1) is 5.92 Å². The topological polar surface area (TPSA) is 78.4 Å². The van der Waals surface area contributed by atoms with Crippen molar-refractivity contribution in [1.82, 2.24) is 10.6 Å². The third kappa shape index (κ3) is 4.80. The van der Waals surface area contributed by atoms with Crippen LogP contribution in [-0.4, -0.2) is 41.7 Å². The Balaban J connectivity index is 2.50. The summed E-state index contributed by atoms with van der Waals surface area (Å²) in [6, 6.07) is -0.103. The molecule has 0 aliphatic heterocycles. The molecule has 1 aliphatic rings. The van der Waals surface area contributed by atoms with E-state index in [1.165, 1.54) is 0 Å². The normalized spacial score (nSPS) is 27.9. The van der Waals surface area contributed by atoms with Crippen LogP contribution in [0.25, 0.3) is 0 Å². The van der Waals surface area contributed by atoms with Crippen LogP contribution in [0, 0.1) is 17.3 Å². The molecule has 21 heavy (non-hydrogen) atoms. The Kier molecular flexibility index (Phi) is 6.84. The minimum atomic E-state index is -0.730. The van der Waals surface area contributed by atoms with Gasteiger partial charge in [0.2, 0.25) is 0 Å². The molecule has 0 bridgehead atoms. The standard InChI is InChI=1S/C15H28N2O3S/c1-10-12(17-14(20)16-8-5-9-21-4)7-6-11(13(18)19)15(10,2)3/h10-12H,5-9H2,1-4H3,(H,18,19)(H2,16,17,20). The zero-order valence-corrected chi connectivity index (χ0v) is 14.3. The SMILES string of the molecule is CSCCCNC(=O)NC1CCC(C(=O)O)C(C)(C)C1C. The maximum absolute atomic E-state index is 11.9. The third-order valence-corrected chi connectivity index (χ3v) is 5.56. The van der Waals surface area contributed by atoms with E-state index in [0.717, 1.165) is 18.6 Å². The van der Waals surface area contributed by atoms with E-state index in [0.29, 0.717) is 13.0 Å². The molecule has 6 heteroatoms. The van der Waals surface area contributed by atoms with Gasteiger partial charge in [0.25, 0.3) is 0 Å². The Hall–Kier alpha value is -0.910. The second-order valence-corrected chi connectivity index (χ2v) is 7.42. The quantitative estimate of drug-likeness (QED) is 0.658. The lowest BCUT2D eigenvalue weighted by atomic mass is 9.61. The van der Waals surface area contributed by atoms with Crippen LogP contribution < -0.4 is 10.6 Å². The van der Waals surface area contributed by atoms with Gasteiger partial charge in [0.15, 0.2) is 0 Å². The Labute approximate surface area is 131 Å². The summed E-state index contributed by atoms with van der Waals surface area (Å²) < 4.78 is 0. The number of carbonyl (C=O) groups excluding carboxylic acids is 1. The summed E-state index contributed by atoms with van der Waals surface area (Å²) in [5.41, 5.74) is -0.319. The van der Waals surface area contributed by atoms with Crippen LogP contribution in [0.5, 0.6) is 0 Å². The molecule has 0 heterocycles. The number of carboxylic acid groups (broad SMARTS) is 1. The number of urea groups is 1. The fourth-order valence-electron chi connectivity index (χ4n) is 3.08. The highest BCUT2D eigenvalue weighted by atomic mass is 32.2. The summed E-state index contributed by atoms with van der Waals surface area (Å²) in [5, 5.41) is 15.2. The molecule has 0 radical (unpaired) electrons. The minimum absolute atomic E-state index is 0.0381. The zero-order valence-electron chi connectivity index (χ0n) is 13.4.